The van der Waals surface area contributed by atoms with Crippen molar-refractivity contribution < 1.29 is 32.2 Å². The van der Waals surface area contributed by atoms with Crippen LogP contribution in [0.4, 0.5) is 13.2 Å². The zero-order valence-corrected chi connectivity index (χ0v) is 27.4. The highest BCUT2D eigenvalue weighted by atomic mass is 19.4. The van der Waals surface area contributed by atoms with Crippen molar-refractivity contribution in [1.29, 1.82) is 0 Å². The number of halogens is 3. The van der Waals surface area contributed by atoms with Crippen LogP contribution in [-0.4, -0.2) is 117 Å². The van der Waals surface area contributed by atoms with Crippen molar-refractivity contribution in [2.75, 3.05) is 52.4 Å². The number of piperidine rings is 1. The van der Waals surface area contributed by atoms with Crippen molar-refractivity contribution in [3.8, 4) is 5.75 Å². The number of alkyl halides is 3. The van der Waals surface area contributed by atoms with Crippen molar-refractivity contribution in [1.82, 2.24) is 34.6 Å². The van der Waals surface area contributed by atoms with Crippen LogP contribution in [0.3, 0.4) is 0 Å². The number of nitrogens with zero attached hydrogens (tertiary/aromatic N) is 7. The van der Waals surface area contributed by atoms with E-state index in [-0.39, 0.29) is 49.4 Å². The smallest absolute Gasteiger partial charge is 0.416 e. The SMILES string of the molecule is O=C1[C@@H]2C[C@@H](OCc3cn(CCN4CCCCC4)nn3)CN2C(=O)c2cc(C(F)(F)F)ccc2OC[C@@H]2CN(Cc3ccccc3)CCN12. The van der Waals surface area contributed by atoms with Crippen molar-refractivity contribution in [3.63, 3.8) is 0 Å². The molecular formula is C35H42F3N7O4. The molecule has 0 saturated carbocycles. The van der Waals surface area contributed by atoms with Gasteiger partial charge in [-0.3, -0.25) is 19.2 Å². The topological polar surface area (TPSA) is 96.3 Å². The number of ether oxygens (including phenoxy) is 2. The van der Waals surface area contributed by atoms with Gasteiger partial charge in [-0.05, 0) is 49.7 Å². The number of carbonyl (C=O) groups excluding carboxylic acids is 2. The molecule has 0 aliphatic carbocycles. The number of likely N-dealkylation sites (tertiary alicyclic amines) is 1. The third-order valence-corrected chi connectivity index (χ3v) is 10.0. The Morgan fingerprint density at radius 2 is 1.71 bits per heavy atom. The molecule has 3 atom stereocenters. The fourth-order valence-electron chi connectivity index (χ4n) is 7.39. The normalized spacial score (nSPS) is 23.9. The van der Waals surface area contributed by atoms with Crippen LogP contribution in [-0.2, 0) is 35.4 Å². The molecule has 2 aromatic carbocycles. The molecule has 0 radical (unpaired) electrons. The first-order chi connectivity index (χ1) is 23.7. The molecule has 0 N–H and O–H groups in total. The lowest BCUT2D eigenvalue weighted by atomic mass is 10.0. The number of rotatable bonds is 8. The lowest BCUT2D eigenvalue weighted by Gasteiger charge is -2.43. The van der Waals surface area contributed by atoms with Crippen LogP contribution in [0.2, 0.25) is 0 Å². The third kappa shape index (κ3) is 7.76. The number of amides is 2. The number of hydrogen-bond donors (Lipinski definition) is 0. The molecule has 4 aliphatic rings. The molecule has 3 fully saturated rings. The van der Waals surface area contributed by atoms with Crippen LogP contribution in [0.1, 0.15) is 52.9 Å². The third-order valence-electron chi connectivity index (χ3n) is 10.0. The number of carbonyl (C=O) groups is 2. The van der Waals surface area contributed by atoms with Gasteiger partial charge in [-0.1, -0.05) is 42.0 Å². The minimum absolute atomic E-state index is 0.0444. The van der Waals surface area contributed by atoms with E-state index >= 15 is 0 Å². The fraction of sp³-hybridized carbons (Fsp3) is 0.543. The molecule has 7 rings (SSSR count). The summed E-state index contributed by atoms with van der Waals surface area (Å²) in [5.74, 6) is -0.862. The monoisotopic (exact) mass is 681 g/mol. The zero-order chi connectivity index (χ0) is 34.0. The van der Waals surface area contributed by atoms with Crippen LogP contribution in [0, 0.1) is 0 Å². The maximum atomic E-state index is 14.2. The lowest BCUT2D eigenvalue weighted by molar-refractivity contribution is -0.142. The Labute approximate surface area is 283 Å². The van der Waals surface area contributed by atoms with E-state index in [1.165, 1.54) is 30.2 Å². The largest absolute Gasteiger partial charge is 0.491 e. The first kappa shape index (κ1) is 33.5. The van der Waals surface area contributed by atoms with Gasteiger partial charge in [0.25, 0.3) is 5.91 Å². The van der Waals surface area contributed by atoms with E-state index in [1.54, 1.807) is 9.58 Å². The van der Waals surface area contributed by atoms with Crippen molar-refractivity contribution in [3.05, 3.63) is 77.1 Å². The van der Waals surface area contributed by atoms with Gasteiger partial charge in [-0.2, -0.15) is 13.2 Å². The minimum Gasteiger partial charge on any atom is -0.491 e. The van der Waals surface area contributed by atoms with Gasteiger partial charge < -0.3 is 24.2 Å². The quantitative estimate of drug-likeness (QED) is 0.356. The summed E-state index contributed by atoms with van der Waals surface area (Å²) >= 11 is 0. The van der Waals surface area contributed by atoms with Crippen LogP contribution in [0.25, 0.3) is 0 Å². The fourth-order valence-corrected chi connectivity index (χ4v) is 7.39. The van der Waals surface area contributed by atoms with E-state index in [2.05, 4.69) is 20.1 Å². The van der Waals surface area contributed by atoms with Gasteiger partial charge >= 0.3 is 6.18 Å². The highest BCUT2D eigenvalue weighted by molar-refractivity contribution is 6.00. The zero-order valence-electron chi connectivity index (χ0n) is 27.4. The van der Waals surface area contributed by atoms with E-state index in [1.807, 2.05) is 36.5 Å². The maximum Gasteiger partial charge on any atom is 0.416 e. The van der Waals surface area contributed by atoms with E-state index in [9.17, 15) is 22.8 Å². The van der Waals surface area contributed by atoms with Crippen LogP contribution < -0.4 is 4.74 Å². The second-order valence-electron chi connectivity index (χ2n) is 13.4. The van der Waals surface area contributed by atoms with Gasteiger partial charge in [0.1, 0.15) is 24.1 Å². The highest BCUT2D eigenvalue weighted by Crippen LogP contribution is 2.36. The summed E-state index contributed by atoms with van der Waals surface area (Å²) < 4.78 is 55.4. The van der Waals surface area contributed by atoms with E-state index in [0.29, 0.717) is 31.9 Å². The Hall–Kier alpha value is -4.01. The first-order valence-corrected chi connectivity index (χ1v) is 17.2. The average molecular weight is 682 g/mol. The summed E-state index contributed by atoms with van der Waals surface area (Å²) in [6, 6.07) is 11.7. The van der Waals surface area contributed by atoms with E-state index < -0.39 is 29.8 Å². The second-order valence-corrected chi connectivity index (χ2v) is 13.4. The van der Waals surface area contributed by atoms with Gasteiger partial charge in [-0.15, -0.1) is 5.10 Å². The van der Waals surface area contributed by atoms with Crippen LogP contribution in [0.5, 0.6) is 5.75 Å². The Morgan fingerprint density at radius 3 is 2.51 bits per heavy atom. The number of aromatic nitrogens is 3. The van der Waals surface area contributed by atoms with Gasteiger partial charge in [0.15, 0.2) is 0 Å². The number of benzene rings is 2. The molecule has 0 spiro atoms. The Bertz CT molecular complexity index is 1610. The molecule has 14 heteroatoms. The molecular weight excluding hydrogens is 639 g/mol. The summed E-state index contributed by atoms with van der Waals surface area (Å²) in [5.41, 5.74) is 0.609. The van der Waals surface area contributed by atoms with Crippen molar-refractivity contribution in [2.45, 2.75) is 69.7 Å². The molecule has 3 aromatic rings. The number of fused-ring (bicyclic) bond motifs is 3. The summed E-state index contributed by atoms with van der Waals surface area (Å²) in [7, 11) is 0. The van der Waals surface area contributed by atoms with Gasteiger partial charge in [-0.25, -0.2) is 0 Å². The summed E-state index contributed by atoms with van der Waals surface area (Å²) in [5, 5.41) is 8.50. The van der Waals surface area contributed by atoms with E-state index in [4.69, 9.17) is 9.47 Å². The Balaban J connectivity index is 1.08. The molecule has 49 heavy (non-hydrogen) atoms. The molecule has 0 bridgehead atoms. The lowest BCUT2D eigenvalue weighted by Crippen LogP contribution is -2.61. The standard InChI is InChI=1S/C35H42F3N7O4/c36-35(37,38)26-9-10-32-30(17-26)33(46)45-22-29(48-23-27-20-43(40-39-27)15-13-41-11-5-2-6-12-41)18-31(45)34(47)44-16-14-42(21-28(44)24-49-32)19-25-7-3-1-4-8-25/h1,3-4,7-10,17,20,28-29,31H,2,5-6,11-16,18-19,21-24H2/t28-,29+,31-/m0/s1. The maximum absolute atomic E-state index is 14.2. The van der Waals surface area contributed by atoms with E-state index in [0.717, 1.165) is 43.9 Å². The molecule has 11 nitrogen and oxygen atoms in total. The highest BCUT2D eigenvalue weighted by Gasteiger charge is 2.46. The van der Waals surface area contributed by atoms with Gasteiger partial charge in [0, 0.05) is 45.7 Å². The molecule has 2 amide bonds. The minimum atomic E-state index is -4.65. The van der Waals surface area contributed by atoms with Crippen LogP contribution >= 0.6 is 0 Å². The van der Waals surface area contributed by atoms with Crippen molar-refractivity contribution in [2.24, 2.45) is 0 Å². The molecule has 0 unspecified atom stereocenters. The predicted octanol–water partition coefficient (Wildman–Crippen LogP) is 3.69. The van der Waals surface area contributed by atoms with Crippen molar-refractivity contribution >= 4 is 11.8 Å². The predicted molar refractivity (Wildman–Crippen MR) is 172 cm³/mol. The number of piperazine rings is 1. The van der Waals surface area contributed by atoms with Gasteiger partial charge in [0.05, 0.1) is 42.6 Å². The summed E-state index contributed by atoms with van der Waals surface area (Å²) in [4.78, 5) is 36.1. The Kier molecular flexibility index (Phi) is 9.88. The molecule has 1 aromatic heterocycles. The van der Waals surface area contributed by atoms with Crippen LogP contribution in [0.15, 0.2) is 54.7 Å². The average Bonchev–Trinajstić information content (AvgIpc) is 3.76. The Morgan fingerprint density at radius 1 is 0.898 bits per heavy atom. The molecule has 262 valence electrons. The van der Waals surface area contributed by atoms with Gasteiger partial charge in [0.2, 0.25) is 5.91 Å². The summed E-state index contributed by atoms with van der Waals surface area (Å²) in [6.07, 6.45) is 0.601. The molecule has 4 aliphatic heterocycles. The molecule has 3 saturated heterocycles. The number of hydrogen-bond acceptors (Lipinski definition) is 8. The first-order valence-electron chi connectivity index (χ1n) is 17.2. The summed E-state index contributed by atoms with van der Waals surface area (Å²) in [6.45, 7) is 6.32. The second kappa shape index (κ2) is 14.5. The molecule has 5 heterocycles.